The highest BCUT2D eigenvalue weighted by molar-refractivity contribution is 7.89. The van der Waals surface area contributed by atoms with Crippen molar-refractivity contribution in [3.63, 3.8) is 0 Å². The van der Waals surface area contributed by atoms with Crippen molar-refractivity contribution < 1.29 is 22.3 Å². The maximum Gasteiger partial charge on any atom is 0.324 e. The van der Waals surface area contributed by atoms with Gasteiger partial charge in [0.25, 0.3) is 0 Å². The third kappa shape index (κ3) is 5.15. The van der Waals surface area contributed by atoms with Crippen LogP contribution in [0.3, 0.4) is 0 Å². The van der Waals surface area contributed by atoms with E-state index in [1.165, 1.54) is 42.5 Å². The Hall–Kier alpha value is -1.67. The number of hydrogen-bond acceptors (Lipinski definition) is 4. The fourth-order valence-corrected chi connectivity index (χ4v) is 4.05. The maximum absolute atomic E-state index is 13.0. The Morgan fingerprint density at radius 1 is 1.20 bits per heavy atom. The van der Waals surface area contributed by atoms with Crippen molar-refractivity contribution in [1.82, 2.24) is 4.72 Å². The Morgan fingerprint density at radius 3 is 2.44 bits per heavy atom. The molecule has 0 fully saturated rings. The van der Waals surface area contributed by atoms with E-state index < -0.39 is 27.9 Å². The molecule has 2 aromatic rings. The van der Waals surface area contributed by atoms with Crippen molar-refractivity contribution >= 4 is 39.2 Å². The summed E-state index contributed by atoms with van der Waals surface area (Å²) >= 11 is 11.7. The van der Waals surface area contributed by atoms with Gasteiger partial charge in [-0.25, -0.2) is 12.8 Å². The number of rotatable bonds is 6. The summed E-state index contributed by atoms with van der Waals surface area (Å²) in [5, 5.41) is 0.139. The van der Waals surface area contributed by atoms with Gasteiger partial charge in [0.1, 0.15) is 16.8 Å². The standard InChI is InChI=1S/C16H14Cl2FNO4S/c1-24-16(21)14(8-10-2-5-12(19)6-3-10)20-25(22,23)15-9-11(17)4-7-13(15)18/h2-7,9,14,20H,8H2,1H3. The highest BCUT2D eigenvalue weighted by Crippen LogP contribution is 2.25. The summed E-state index contributed by atoms with van der Waals surface area (Å²) in [6, 6.07) is 8.08. The molecule has 0 spiro atoms. The lowest BCUT2D eigenvalue weighted by Crippen LogP contribution is -2.43. The van der Waals surface area contributed by atoms with Gasteiger partial charge in [-0.05, 0) is 42.3 Å². The number of methoxy groups -OCH3 is 1. The molecular formula is C16H14Cl2FNO4S. The zero-order chi connectivity index (χ0) is 18.6. The molecule has 0 aliphatic heterocycles. The van der Waals surface area contributed by atoms with Crippen molar-refractivity contribution in [2.24, 2.45) is 0 Å². The molecular weight excluding hydrogens is 392 g/mol. The van der Waals surface area contributed by atoms with Gasteiger partial charge in [-0.2, -0.15) is 4.72 Å². The Balaban J connectivity index is 2.31. The third-order valence-corrected chi connectivity index (χ3v) is 5.51. The summed E-state index contributed by atoms with van der Waals surface area (Å²) in [5.41, 5.74) is 0.552. The fourth-order valence-electron chi connectivity index (χ4n) is 2.11. The molecule has 1 N–H and O–H groups in total. The van der Waals surface area contributed by atoms with Crippen molar-refractivity contribution in [3.05, 3.63) is 63.9 Å². The smallest absolute Gasteiger partial charge is 0.324 e. The summed E-state index contributed by atoms with van der Waals surface area (Å²) in [6.07, 6.45) is -0.0234. The van der Waals surface area contributed by atoms with Gasteiger partial charge in [0, 0.05) is 5.02 Å². The molecule has 1 atom stereocenters. The van der Waals surface area contributed by atoms with E-state index in [4.69, 9.17) is 23.2 Å². The molecule has 0 aromatic heterocycles. The fraction of sp³-hybridized carbons (Fsp3) is 0.188. The predicted octanol–water partition coefficient (Wildman–Crippen LogP) is 3.20. The lowest BCUT2D eigenvalue weighted by Gasteiger charge is -2.17. The Morgan fingerprint density at radius 2 is 1.84 bits per heavy atom. The number of hydrogen-bond donors (Lipinski definition) is 1. The Labute approximate surface area is 154 Å². The Bertz CT molecular complexity index is 872. The molecule has 1 unspecified atom stereocenters. The average Bonchev–Trinajstić information content (AvgIpc) is 2.57. The summed E-state index contributed by atoms with van der Waals surface area (Å²) in [5.74, 6) is -1.23. The topological polar surface area (TPSA) is 72.5 Å². The molecule has 0 bridgehead atoms. The van der Waals surface area contributed by atoms with Crippen molar-refractivity contribution in [2.75, 3.05) is 7.11 Å². The largest absolute Gasteiger partial charge is 0.468 e. The lowest BCUT2D eigenvalue weighted by molar-refractivity contribution is -0.142. The first-order valence-electron chi connectivity index (χ1n) is 7.02. The number of nitrogens with one attached hydrogen (secondary N) is 1. The molecule has 0 saturated heterocycles. The third-order valence-electron chi connectivity index (χ3n) is 3.32. The molecule has 2 rings (SSSR count). The van der Waals surface area contributed by atoms with Crippen LogP contribution in [0.1, 0.15) is 5.56 Å². The Kier molecular flexibility index (Phi) is 6.40. The molecule has 5 nitrogen and oxygen atoms in total. The number of halogens is 3. The van der Waals surface area contributed by atoms with Crippen LogP contribution in [0.25, 0.3) is 0 Å². The first kappa shape index (κ1) is 19.7. The summed E-state index contributed by atoms with van der Waals surface area (Å²) in [6.45, 7) is 0. The SMILES string of the molecule is COC(=O)C(Cc1ccc(F)cc1)NS(=O)(=O)c1cc(Cl)ccc1Cl. The number of benzene rings is 2. The van der Waals surface area contributed by atoms with Gasteiger partial charge in [0.05, 0.1) is 12.1 Å². The molecule has 0 aliphatic rings. The number of carbonyl (C=O) groups is 1. The van der Waals surface area contributed by atoms with Crippen LogP contribution >= 0.6 is 23.2 Å². The summed E-state index contributed by atoms with van der Waals surface area (Å²) in [4.78, 5) is 11.7. The molecule has 25 heavy (non-hydrogen) atoms. The minimum absolute atomic E-state index is 0.0234. The van der Waals surface area contributed by atoms with Crippen molar-refractivity contribution in [3.8, 4) is 0 Å². The zero-order valence-electron chi connectivity index (χ0n) is 13.0. The first-order valence-corrected chi connectivity index (χ1v) is 9.26. The molecule has 0 heterocycles. The lowest BCUT2D eigenvalue weighted by atomic mass is 10.1. The van der Waals surface area contributed by atoms with Gasteiger partial charge < -0.3 is 4.74 Å². The number of sulfonamides is 1. The van der Waals surface area contributed by atoms with E-state index in [1.807, 2.05) is 0 Å². The predicted molar refractivity (Wildman–Crippen MR) is 92.7 cm³/mol. The second-order valence-electron chi connectivity index (χ2n) is 5.10. The molecule has 9 heteroatoms. The van der Waals surface area contributed by atoms with E-state index in [0.29, 0.717) is 5.56 Å². The molecule has 134 valence electrons. The second kappa shape index (κ2) is 8.14. The van der Waals surface area contributed by atoms with Gasteiger partial charge in [-0.15, -0.1) is 0 Å². The van der Waals surface area contributed by atoms with Crippen LogP contribution in [-0.2, 0) is 26.0 Å². The number of esters is 1. The first-order chi connectivity index (χ1) is 11.7. The number of carbonyl (C=O) groups excluding carboxylic acids is 1. The summed E-state index contributed by atoms with van der Waals surface area (Å²) in [7, 11) is -3.00. The average molecular weight is 406 g/mol. The van der Waals surface area contributed by atoms with Crippen LogP contribution in [-0.4, -0.2) is 27.5 Å². The van der Waals surface area contributed by atoms with Crippen LogP contribution in [0.4, 0.5) is 4.39 Å². The monoisotopic (exact) mass is 405 g/mol. The van der Waals surface area contributed by atoms with Crippen LogP contribution in [0.5, 0.6) is 0 Å². The van der Waals surface area contributed by atoms with Crippen LogP contribution in [0, 0.1) is 5.82 Å². The second-order valence-corrected chi connectivity index (χ2v) is 7.63. The van der Waals surface area contributed by atoms with Gasteiger partial charge in [0.15, 0.2) is 0 Å². The minimum Gasteiger partial charge on any atom is -0.468 e. The van der Waals surface area contributed by atoms with Crippen LogP contribution < -0.4 is 4.72 Å². The zero-order valence-corrected chi connectivity index (χ0v) is 15.3. The van der Waals surface area contributed by atoms with Crippen molar-refractivity contribution in [1.29, 1.82) is 0 Å². The van der Waals surface area contributed by atoms with Crippen LogP contribution in [0.15, 0.2) is 47.4 Å². The quantitative estimate of drug-likeness (QED) is 0.748. The van der Waals surface area contributed by atoms with E-state index in [2.05, 4.69) is 9.46 Å². The van der Waals surface area contributed by atoms with E-state index in [-0.39, 0.29) is 21.4 Å². The maximum atomic E-state index is 13.0. The van der Waals surface area contributed by atoms with Gasteiger partial charge in [-0.3, -0.25) is 4.79 Å². The van der Waals surface area contributed by atoms with E-state index in [0.717, 1.165) is 7.11 Å². The van der Waals surface area contributed by atoms with Crippen molar-refractivity contribution in [2.45, 2.75) is 17.4 Å². The highest BCUT2D eigenvalue weighted by atomic mass is 35.5. The normalized spacial score (nSPS) is 12.6. The number of ether oxygens (including phenoxy) is 1. The van der Waals surface area contributed by atoms with Gasteiger partial charge in [0.2, 0.25) is 10.0 Å². The van der Waals surface area contributed by atoms with E-state index >= 15 is 0 Å². The molecule has 0 radical (unpaired) electrons. The van der Waals surface area contributed by atoms with Gasteiger partial charge in [-0.1, -0.05) is 35.3 Å². The van der Waals surface area contributed by atoms with E-state index in [9.17, 15) is 17.6 Å². The molecule has 0 amide bonds. The highest BCUT2D eigenvalue weighted by Gasteiger charge is 2.28. The minimum atomic E-state index is -4.14. The summed E-state index contributed by atoms with van der Waals surface area (Å²) < 4.78 is 45.0. The molecule has 2 aromatic carbocycles. The van der Waals surface area contributed by atoms with Gasteiger partial charge >= 0.3 is 5.97 Å². The molecule has 0 aliphatic carbocycles. The van der Waals surface area contributed by atoms with E-state index in [1.54, 1.807) is 0 Å². The van der Waals surface area contributed by atoms with Crippen LogP contribution in [0.2, 0.25) is 10.0 Å². The molecule has 0 saturated carbocycles.